The minimum atomic E-state index is -0.601. The molecule has 0 unspecified atom stereocenters. The van der Waals surface area contributed by atoms with Gasteiger partial charge in [0.15, 0.2) is 5.96 Å². The summed E-state index contributed by atoms with van der Waals surface area (Å²) in [6.45, 7) is 3.94. The van der Waals surface area contributed by atoms with Gasteiger partial charge in [0.05, 0.1) is 0 Å². The lowest BCUT2D eigenvalue weighted by atomic mass is 10.2. The molecule has 18 heavy (non-hydrogen) atoms. The number of hydrogen-bond donors (Lipinski definition) is 2. The molecule has 0 saturated heterocycles. The fraction of sp³-hybridized carbons (Fsp3) is 0.333. The van der Waals surface area contributed by atoms with Crippen molar-refractivity contribution >= 4 is 24.5 Å². The van der Waals surface area contributed by atoms with E-state index in [9.17, 15) is 4.79 Å². The third kappa shape index (κ3) is 6.75. The maximum Gasteiger partial charge on any atom is 0.414 e. The Morgan fingerprint density at radius 1 is 1.39 bits per heavy atom. The van der Waals surface area contributed by atoms with Crippen LogP contribution in [0.25, 0.3) is 0 Å². The smallest absolute Gasteiger partial charge is 0.414 e. The van der Waals surface area contributed by atoms with Crippen molar-refractivity contribution in [3.63, 3.8) is 0 Å². The molecule has 0 aliphatic rings. The molecule has 1 aromatic rings. The van der Waals surface area contributed by atoms with Crippen LogP contribution < -0.4 is 11.1 Å². The third-order valence-electron chi connectivity index (χ3n) is 1.84. The summed E-state index contributed by atoms with van der Waals surface area (Å²) in [5, 5.41) is 2.35. The van der Waals surface area contributed by atoms with Crippen LogP contribution in [0.3, 0.4) is 0 Å². The Hall–Kier alpha value is -1.75. The van der Waals surface area contributed by atoms with Gasteiger partial charge in [-0.3, -0.25) is 10.3 Å². The molecular weight excluding hydrogens is 254 g/mol. The molecule has 1 aromatic carbocycles. The number of rotatable bonds is 3. The molecule has 0 spiro atoms. The van der Waals surface area contributed by atoms with Crippen molar-refractivity contribution in [2.45, 2.75) is 26.5 Å². The Morgan fingerprint density at radius 3 is 2.56 bits per heavy atom. The largest absolute Gasteiger partial charge is 0.444 e. The first kappa shape index (κ1) is 16.2. The summed E-state index contributed by atoms with van der Waals surface area (Å²) < 4.78 is 4.97. The summed E-state index contributed by atoms with van der Waals surface area (Å²) in [7, 11) is 0. The Kier molecular flexibility index (Phi) is 7.54. The molecule has 0 bridgehead atoms. The number of aliphatic imine (C=N–C) groups is 1. The molecule has 6 heteroatoms. The highest BCUT2D eigenvalue weighted by Gasteiger charge is 2.04. The van der Waals surface area contributed by atoms with E-state index >= 15 is 0 Å². The number of alkyl carbamates (subject to hydrolysis) is 1. The zero-order valence-electron chi connectivity index (χ0n) is 10.4. The van der Waals surface area contributed by atoms with Gasteiger partial charge in [-0.15, -0.1) is 12.4 Å². The van der Waals surface area contributed by atoms with Gasteiger partial charge in [-0.2, -0.15) is 0 Å². The molecule has 1 rings (SSSR count). The maximum absolute atomic E-state index is 11.3. The topological polar surface area (TPSA) is 76.7 Å². The number of benzene rings is 1. The molecule has 0 aromatic heterocycles. The van der Waals surface area contributed by atoms with Crippen LogP contribution in [0.15, 0.2) is 35.3 Å². The molecule has 0 saturated carbocycles. The molecule has 0 aliphatic heterocycles. The van der Waals surface area contributed by atoms with E-state index < -0.39 is 6.09 Å². The summed E-state index contributed by atoms with van der Waals surface area (Å²) in [6, 6.07) is 9.44. The number of carbonyl (C=O) groups excluding carboxylic acids is 1. The number of nitrogens with two attached hydrogens (primary N) is 1. The summed E-state index contributed by atoms with van der Waals surface area (Å²) in [4.78, 5) is 15.3. The van der Waals surface area contributed by atoms with E-state index in [0.29, 0.717) is 0 Å². The van der Waals surface area contributed by atoms with Crippen molar-refractivity contribution in [3.8, 4) is 0 Å². The van der Waals surface area contributed by atoms with Gasteiger partial charge in [-0.05, 0) is 19.4 Å². The number of amides is 1. The monoisotopic (exact) mass is 271 g/mol. The summed E-state index contributed by atoms with van der Waals surface area (Å²) in [6.07, 6.45) is -0.601. The van der Waals surface area contributed by atoms with Crippen molar-refractivity contribution in [1.82, 2.24) is 5.32 Å². The molecule has 100 valence electrons. The van der Waals surface area contributed by atoms with Gasteiger partial charge in [-0.25, -0.2) is 4.79 Å². The second kappa shape index (κ2) is 8.36. The molecule has 0 radical (unpaired) electrons. The zero-order chi connectivity index (χ0) is 12.7. The van der Waals surface area contributed by atoms with Crippen molar-refractivity contribution in [3.05, 3.63) is 35.9 Å². The number of nitrogens with zero attached hydrogens (tertiary/aromatic N) is 1. The first-order valence-electron chi connectivity index (χ1n) is 5.39. The average molecular weight is 272 g/mol. The van der Waals surface area contributed by atoms with Gasteiger partial charge in [0.1, 0.15) is 6.61 Å². The summed E-state index contributed by atoms with van der Waals surface area (Å²) >= 11 is 0. The van der Waals surface area contributed by atoms with E-state index in [1.165, 1.54) is 0 Å². The third-order valence-corrected chi connectivity index (χ3v) is 1.84. The van der Waals surface area contributed by atoms with Crippen molar-refractivity contribution < 1.29 is 9.53 Å². The van der Waals surface area contributed by atoms with E-state index in [4.69, 9.17) is 10.5 Å². The Bertz CT molecular complexity index is 394. The number of carbonyl (C=O) groups is 1. The van der Waals surface area contributed by atoms with E-state index in [0.717, 1.165) is 5.56 Å². The average Bonchev–Trinajstić information content (AvgIpc) is 2.26. The molecule has 0 atom stereocenters. The van der Waals surface area contributed by atoms with Gasteiger partial charge < -0.3 is 10.5 Å². The predicted octanol–water partition coefficient (Wildman–Crippen LogP) is 2.06. The van der Waals surface area contributed by atoms with Gasteiger partial charge in [0.25, 0.3) is 0 Å². The minimum absolute atomic E-state index is 0. The second-order valence-electron chi connectivity index (χ2n) is 3.79. The van der Waals surface area contributed by atoms with Crippen LogP contribution in [0.2, 0.25) is 0 Å². The highest BCUT2D eigenvalue weighted by Crippen LogP contribution is 2.00. The number of halogens is 1. The molecule has 0 aliphatic carbocycles. The van der Waals surface area contributed by atoms with Crippen molar-refractivity contribution in [1.29, 1.82) is 0 Å². The SMILES string of the molecule is CC(C)N=C(N)NC(=O)OCc1ccccc1.Cl. The quantitative estimate of drug-likeness (QED) is 0.653. The van der Waals surface area contributed by atoms with Crippen LogP contribution >= 0.6 is 12.4 Å². The highest BCUT2D eigenvalue weighted by molar-refractivity contribution is 5.92. The minimum Gasteiger partial charge on any atom is -0.444 e. The number of guanidine groups is 1. The summed E-state index contributed by atoms with van der Waals surface area (Å²) in [5.74, 6) is 0.0676. The van der Waals surface area contributed by atoms with Crippen LogP contribution in [0, 0.1) is 0 Å². The van der Waals surface area contributed by atoms with E-state index in [2.05, 4.69) is 10.3 Å². The normalized spacial score (nSPS) is 10.7. The van der Waals surface area contributed by atoms with Crippen LogP contribution in [0.4, 0.5) is 4.79 Å². The van der Waals surface area contributed by atoms with Crippen molar-refractivity contribution in [2.75, 3.05) is 0 Å². The van der Waals surface area contributed by atoms with Crippen LogP contribution in [0.5, 0.6) is 0 Å². The van der Waals surface area contributed by atoms with Crippen LogP contribution in [0.1, 0.15) is 19.4 Å². The lowest BCUT2D eigenvalue weighted by molar-refractivity contribution is 0.145. The number of hydrogen-bond acceptors (Lipinski definition) is 3. The predicted molar refractivity (Wildman–Crippen MR) is 73.8 cm³/mol. The van der Waals surface area contributed by atoms with E-state index in [1.54, 1.807) is 0 Å². The Labute approximate surface area is 113 Å². The Balaban J connectivity index is 0.00000289. The molecular formula is C12H18ClN3O2. The van der Waals surface area contributed by atoms with E-state index in [1.807, 2.05) is 44.2 Å². The van der Waals surface area contributed by atoms with Crippen molar-refractivity contribution in [2.24, 2.45) is 10.7 Å². The number of ether oxygens (including phenoxy) is 1. The molecule has 0 fully saturated rings. The van der Waals surface area contributed by atoms with Crippen LogP contribution in [-0.4, -0.2) is 18.1 Å². The molecule has 0 heterocycles. The van der Waals surface area contributed by atoms with Gasteiger partial charge in [-0.1, -0.05) is 30.3 Å². The first-order valence-corrected chi connectivity index (χ1v) is 5.39. The molecule has 5 nitrogen and oxygen atoms in total. The molecule has 3 N–H and O–H groups in total. The first-order chi connectivity index (χ1) is 8.08. The maximum atomic E-state index is 11.3. The lowest BCUT2D eigenvalue weighted by Gasteiger charge is -2.07. The summed E-state index contributed by atoms with van der Waals surface area (Å²) in [5.41, 5.74) is 6.40. The zero-order valence-corrected chi connectivity index (χ0v) is 11.2. The van der Waals surface area contributed by atoms with Crippen LogP contribution in [-0.2, 0) is 11.3 Å². The van der Waals surface area contributed by atoms with Gasteiger partial charge >= 0.3 is 6.09 Å². The number of nitrogens with one attached hydrogen (secondary N) is 1. The molecule has 1 amide bonds. The second-order valence-corrected chi connectivity index (χ2v) is 3.79. The van der Waals surface area contributed by atoms with Gasteiger partial charge in [0.2, 0.25) is 0 Å². The Morgan fingerprint density at radius 2 is 2.00 bits per heavy atom. The lowest BCUT2D eigenvalue weighted by Crippen LogP contribution is -2.37. The van der Waals surface area contributed by atoms with Gasteiger partial charge in [0, 0.05) is 6.04 Å². The fourth-order valence-electron chi connectivity index (χ4n) is 1.17. The fourth-order valence-corrected chi connectivity index (χ4v) is 1.17. The van der Waals surface area contributed by atoms with E-state index in [-0.39, 0.29) is 31.0 Å². The standard InChI is InChI=1S/C12H17N3O2.ClH/c1-9(2)14-11(13)15-12(16)17-8-10-6-4-3-5-7-10;/h3-7,9H,8H2,1-2H3,(H3,13,14,15,16);1H. The highest BCUT2D eigenvalue weighted by atomic mass is 35.5.